The highest BCUT2D eigenvalue weighted by molar-refractivity contribution is 6.27. The lowest BCUT2D eigenvalue weighted by Crippen LogP contribution is -1.98. The summed E-state index contributed by atoms with van der Waals surface area (Å²) in [6.45, 7) is 2.24. The zero-order valence-electron chi connectivity index (χ0n) is 14.2. The van der Waals surface area contributed by atoms with E-state index in [4.69, 9.17) is 11.5 Å². The van der Waals surface area contributed by atoms with E-state index in [1.807, 2.05) is 6.07 Å². The quantitative estimate of drug-likeness (QED) is 0.275. The Labute approximate surface area is 142 Å². The van der Waals surface area contributed by atoms with Crippen molar-refractivity contribution in [2.45, 2.75) is 39.0 Å². The molecule has 122 valence electrons. The Kier molecular flexibility index (Phi) is 3.68. The Balaban J connectivity index is 1.92. The number of anilines is 2. The van der Waals surface area contributed by atoms with Crippen LogP contribution in [0.2, 0.25) is 0 Å². The predicted molar refractivity (Wildman–Crippen MR) is 107 cm³/mol. The molecule has 0 fully saturated rings. The van der Waals surface area contributed by atoms with Gasteiger partial charge in [0.25, 0.3) is 0 Å². The van der Waals surface area contributed by atoms with Gasteiger partial charge in [-0.2, -0.15) is 0 Å². The first-order chi connectivity index (χ1) is 11.7. The molecule has 0 aliphatic heterocycles. The van der Waals surface area contributed by atoms with Gasteiger partial charge in [-0.3, -0.25) is 0 Å². The van der Waals surface area contributed by atoms with Gasteiger partial charge in [-0.15, -0.1) is 0 Å². The van der Waals surface area contributed by atoms with E-state index in [2.05, 4.69) is 43.3 Å². The number of rotatable bonds is 5. The van der Waals surface area contributed by atoms with E-state index in [0.717, 1.165) is 23.2 Å². The smallest absolute Gasteiger partial charge is 0.0426 e. The zero-order chi connectivity index (χ0) is 16.7. The average Bonchev–Trinajstić information content (AvgIpc) is 2.60. The lowest BCUT2D eigenvalue weighted by Gasteiger charge is -2.16. The highest BCUT2D eigenvalue weighted by atomic mass is 14.6. The van der Waals surface area contributed by atoms with Gasteiger partial charge in [-0.1, -0.05) is 56.5 Å². The fraction of sp³-hybridized carbons (Fsp3) is 0.273. The Bertz CT molecular complexity index is 1020. The van der Waals surface area contributed by atoms with Crippen molar-refractivity contribution in [1.29, 1.82) is 0 Å². The first-order valence-corrected chi connectivity index (χ1v) is 8.95. The second kappa shape index (κ2) is 5.86. The number of hydrogen-bond donors (Lipinski definition) is 2. The number of nitrogens with two attached hydrogens (primary N) is 2. The van der Waals surface area contributed by atoms with E-state index in [0.29, 0.717) is 0 Å². The second-order valence-corrected chi connectivity index (χ2v) is 6.84. The third kappa shape index (κ3) is 2.25. The van der Waals surface area contributed by atoms with Gasteiger partial charge in [0.2, 0.25) is 0 Å². The predicted octanol–water partition coefficient (Wildman–Crippen LogP) is 5.87. The van der Waals surface area contributed by atoms with Gasteiger partial charge in [0.15, 0.2) is 0 Å². The SMILES string of the molecule is CCCCCCc1cc2ccc3c(N)ccc4ccc(c1N)c2c43. The number of hydrogen-bond acceptors (Lipinski definition) is 2. The van der Waals surface area contributed by atoms with Crippen LogP contribution in [0.5, 0.6) is 0 Å². The van der Waals surface area contributed by atoms with Crippen LogP contribution in [0.15, 0.2) is 42.5 Å². The molecule has 4 aromatic rings. The van der Waals surface area contributed by atoms with Crippen LogP contribution in [0.25, 0.3) is 32.3 Å². The van der Waals surface area contributed by atoms with Gasteiger partial charge < -0.3 is 11.5 Å². The topological polar surface area (TPSA) is 52.0 Å². The third-order valence-corrected chi connectivity index (χ3v) is 5.24. The van der Waals surface area contributed by atoms with E-state index < -0.39 is 0 Å². The minimum absolute atomic E-state index is 0.833. The number of unbranched alkanes of at least 4 members (excludes halogenated alkanes) is 3. The van der Waals surface area contributed by atoms with Crippen LogP contribution in [0.1, 0.15) is 38.2 Å². The Morgan fingerprint density at radius 3 is 2.29 bits per heavy atom. The molecule has 4 aromatic carbocycles. The third-order valence-electron chi connectivity index (χ3n) is 5.24. The van der Waals surface area contributed by atoms with E-state index >= 15 is 0 Å². The molecule has 0 saturated heterocycles. The minimum Gasteiger partial charge on any atom is -0.398 e. The van der Waals surface area contributed by atoms with Crippen LogP contribution < -0.4 is 11.5 Å². The summed E-state index contributed by atoms with van der Waals surface area (Å²) in [5.74, 6) is 0. The van der Waals surface area contributed by atoms with Crippen molar-refractivity contribution in [3.63, 3.8) is 0 Å². The van der Waals surface area contributed by atoms with Crippen molar-refractivity contribution in [2.75, 3.05) is 11.5 Å². The molecule has 2 nitrogen and oxygen atoms in total. The molecule has 0 atom stereocenters. The number of aryl methyl sites for hydroxylation is 1. The largest absolute Gasteiger partial charge is 0.398 e. The molecule has 0 radical (unpaired) electrons. The monoisotopic (exact) mass is 316 g/mol. The van der Waals surface area contributed by atoms with Gasteiger partial charge in [-0.25, -0.2) is 0 Å². The molecule has 24 heavy (non-hydrogen) atoms. The zero-order valence-corrected chi connectivity index (χ0v) is 14.2. The lowest BCUT2D eigenvalue weighted by molar-refractivity contribution is 0.668. The Hall–Kier alpha value is -2.48. The summed E-state index contributed by atoms with van der Waals surface area (Å²) < 4.78 is 0. The molecule has 4 rings (SSSR count). The van der Waals surface area contributed by atoms with Gasteiger partial charge in [0.05, 0.1) is 0 Å². The summed E-state index contributed by atoms with van der Waals surface area (Å²) in [6.07, 6.45) is 6.10. The van der Waals surface area contributed by atoms with E-state index in [1.165, 1.54) is 58.2 Å². The number of benzene rings is 4. The molecule has 2 heteroatoms. The fourth-order valence-corrected chi connectivity index (χ4v) is 3.93. The van der Waals surface area contributed by atoms with Crippen molar-refractivity contribution in [3.8, 4) is 0 Å². The maximum Gasteiger partial charge on any atom is 0.0426 e. The van der Waals surface area contributed by atoms with Gasteiger partial charge in [0.1, 0.15) is 0 Å². The van der Waals surface area contributed by atoms with Gasteiger partial charge >= 0.3 is 0 Å². The summed E-state index contributed by atoms with van der Waals surface area (Å²) >= 11 is 0. The molecule has 4 N–H and O–H groups in total. The van der Waals surface area contributed by atoms with Crippen LogP contribution in [-0.4, -0.2) is 0 Å². The fourth-order valence-electron chi connectivity index (χ4n) is 3.93. The molecule has 0 unspecified atom stereocenters. The van der Waals surface area contributed by atoms with Crippen molar-refractivity contribution in [3.05, 3.63) is 48.0 Å². The van der Waals surface area contributed by atoms with E-state index in [1.54, 1.807) is 0 Å². The maximum absolute atomic E-state index is 6.55. The molecular weight excluding hydrogens is 292 g/mol. The Morgan fingerprint density at radius 1 is 0.750 bits per heavy atom. The molecule has 0 saturated carbocycles. The second-order valence-electron chi connectivity index (χ2n) is 6.84. The normalized spacial score (nSPS) is 11.9. The summed E-state index contributed by atoms with van der Waals surface area (Å²) in [7, 11) is 0. The summed E-state index contributed by atoms with van der Waals surface area (Å²) in [5, 5.41) is 7.30. The van der Waals surface area contributed by atoms with Crippen molar-refractivity contribution < 1.29 is 0 Å². The highest BCUT2D eigenvalue weighted by Gasteiger charge is 2.14. The van der Waals surface area contributed by atoms with E-state index in [9.17, 15) is 0 Å². The summed E-state index contributed by atoms with van der Waals surface area (Å²) in [5.41, 5.74) is 15.8. The van der Waals surface area contributed by atoms with E-state index in [-0.39, 0.29) is 0 Å². The number of nitrogen functional groups attached to an aromatic ring is 2. The lowest BCUT2D eigenvalue weighted by atomic mass is 9.90. The van der Waals surface area contributed by atoms with Crippen molar-refractivity contribution >= 4 is 43.7 Å². The average molecular weight is 316 g/mol. The highest BCUT2D eigenvalue weighted by Crippen LogP contribution is 2.40. The first kappa shape index (κ1) is 15.1. The minimum atomic E-state index is 0.833. The molecule has 0 aliphatic carbocycles. The van der Waals surface area contributed by atoms with Crippen molar-refractivity contribution in [2.24, 2.45) is 0 Å². The van der Waals surface area contributed by atoms with Crippen LogP contribution >= 0.6 is 0 Å². The van der Waals surface area contributed by atoms with Crippen LogP contribution in [-0.2, 0) is 6.42 Å². The Morgan fingerprint density at radius 2 is 1.46 bits per heavy atom. The van der Waals surface area contributed by atoms with Crippen LogP contribution in [0.3, 0.4) is 0 Å². The summed E-state index contributed by atoms with van der Waals surface area (Å²) in [6, 6.07) is 15.1. The molecule has 0 heterocycles. The van der Waals surface area contributed by atoms with Crippen molar-refractivity contribution in [1.82, 2.24) is 0 Å². The standard InChI is InChI=1S/C22H24N2/c1-2-3-4-5-6-16-13-15-8-10-17-19(23)12-9-14-7-11-18(22(16)24)21(15)20(14)17/h7-13H,2-6,23-24H2,1H3. The van der Waals surface area contributed by atoms with Gasteiger partial charge in [-0.05, 0) is 52.1 Å². The van der Waals surface area contributed by atoms with Gasteiger partial charge in [0, 0.05) is 22.1 Å². The first-order valence-electron chi connectivity index (χ1n) is 8.95. The molecule has 0 spiro atoms. The molecule has 0 aliphatic rings. The molecule has 0 aromatic heterocycles. The molecule has 0 bridgehead atoms. The van der Waals surface area contributed by atoms with Crippen LogP contribution in [0, 0.1) is 0 Å². The molecule has 0 amide bonds. The summed E-state index contributed by atoms with van der Waals surface area (Å²) in [4.78, 5) is 0. The maximum atomic E-state index is 6.55. The van der Waals surface area contributed by atoms with Crippen LogP contribution in [0.4, 0.5) is 11.4 Å². The molecular formula is C22H24N2.